The van der Waals surface area contributed by atoms with Crippen LogP contribution in [0.25, 0.3) is 10.8 Å². The zero-order valence-electron chi connectivity index (χ0n) is 9.19. The second kappa shape index (κ2) is 4.58. The third-order valence-corrected chi connectivity index (χ3v) is 3.18. The molecule has 0 unspecified atom stereocenters. The number of hydrogen-bond acceptors (Lipinski definition) is 3. The molecule has 0 radical (unpaired) electrons. The maximum absolute atomic E-state index is 11.7. The molecular weight excluding hydrogens is 220 g/mol. The van der Waals surface area contributed by atoms with E-state index in [-0.39, 0.29) is 5.97 Å². The standard InChI is InChI=1S/C13H12O2S/c1-15-13(14)12-8-10(16-2)7-9-5-3-4-6-11(9)12/h3-8H,1-2H3. The van der Waals surface area contributed by atoms with Gasteiger partial charge in [0.15, 0.2) is 0 Å². The molecule has 0 heterocycles. The van der Waals surface area contributed by atoms with Crippen LogP contribution in [-0.2, 0) is 4.74 Å². The summed E-state index contributed by atoms with van der Waals surface area (Å²) in [6.07, 6.45) is 1.99. The van der Waals surface area contributed by atoms with Crippen molar-refractivity contribution < 1.29 is 9.53 Å². The molecule has 0 aliphatic heterocycles. The SMILES string of the molecule is COC(=O)c1cc(SC)cc2ccccc12. The zero-order valence-corrected chi connectivity index (χ0v) is 10.0. The topological polar surface area (TPSA) is 26.3 Å². The summed E-state index contributed by atoms with van der Waals surface area (Å²) in [6.45, 7) is 0. The van der Waals surface area contributed by atoms with Crippen LogP contribution in [-0.4, -0.2) is 19.3 Å². The van der Waals surface area contributed by atoms with Crippen LogP contribution in [0.5, 0.6) is 0 Å². The lowest BCUT2D eigenvalue weighted by Crippen LogP contribution is -2.02. The smallest absolute Gasteiger partial charge is 0.338 e. The fourth-order valence-electron chi connectivity index (χ4n) is 1.68. The lowest BCUT2D eigenvalue weighted by molar-refractivity contribution is 0.0603. The molecule has 0 amide bonds. The van der Waals surface area contributed by atoms with E-state index in [1.54, 1.807) is 11.8 Å². The number of carbonyl (C=O) groups excluding carboxylic acids is 1. The molecule has 3 heteroatoms. The predicted molar refractivity (Wildman–Crippen MR) is 67.1 cm³/mol. The van der Waals surface area contributed by atoms with Gasteiger partial charge in [-0.15, -0.1) is 11.8 Å². The fraction of sp³-hybridized carbons (Fsp3) is 0.154. The monoisotopic (exact) mass is 232 g/mol. The Labute approximate surface area is 98.6 Å². The molecule has 0 N–H and O–H groups in total. The summed E-state index contributed by atoms with van der Waals surface area (Å²) in [6, 6.07) is 11.8. The summed E-state index contributed by atoms with van der Waals surface area (Å²) in [5, 5.41) is 2.00. The van der Waals surface area contributed by atoms with Crippen LogP contribution in [0.3, 0.4) is 0 Å². The molecule has 82 valence electrons. The Morgan fingerprint density at radius 3 is 2.69 bits per heavy atom. The first-order chi connectivity index (χ1) is 7.76. The minimum atomic E-state index is -0.285. The molecule has 0 saturated carbocycles. The van der Waals surface area contributed by atoms with E-state index in [9.17, 15) is 4.79 Å². The van der Waals surface area contributed by atoms with Crippen molar-refractivity contribution in [1.29, 1.82) is 0 Å². The molecule has 0 aliphatic rings. The molecular formula is C13H12O2S. The molecule has 16 heavy (non-hydrogen) atoms. The lowest BCUT2D eigenvalue weighted by Gasteiger charge is -2.07. The predicted octanol–water partition coefficient (Wildman–Crippen LogP) is 3.35. The highest BCUT2D eigenvalue weighted by atomic mass is 32.2. The Morgan fingerprint density at radius 1 is 1.25 bits per heavy atom. The van der Waals surface area contributed by atoms with Gasteiger partial charge in [-0.2, -0.15) is 0 Å². The Hall–Kier alpha value is -1.48. The normalized spacial score (nSPS) is 10.4. The van der Waals surface area contributed by atoms with Crippen molar-refractivity contribution in [2.45, 2.75) is 4.90 Å². The first-order valence-corrected chi connectivity index (χ1v) is 6.14. The number of rotatable bonds is 2. The quantitative estimate of drug-likeness (QED) is 0.586. The number of esters is 1. The Morgan fingerprint density at radius 2 is 2.00 bits per heavy atom. The summed E-state index contributed by atoms with van der Waals surface area (Å²) in [7, 11) is 1.41. The van der Waals surface area contributed by atoms with E-state index in [4.69, 9.17) is 4.74 Å². The van der Waals surface area contributed by atoms with E-state index in [0.29, 0.717) is 5.56 Å². The lowest BCUT2D eigenvalue weighted by atomic mass is 10.0. The molecule has 0 spiro atoms. The van der Waals surface area contributed by atoms with Crippen molar-refractivity contribution in [1.82, 2.24) is 0 Å². The number of carbonyl (C=O) groups is 1. The number of ether oxygens (including phenoxy) is 1. The summed E-state index contributed by atoms with van der Waals surface area (Å²) in [5.41, 5.74) is 0.630. The Bertz CT molecular complexity index is 534. The number of thioether (sulfide) groups is 1. The van der Waals surface area contributed by atoms with E-state index in [1.807, 2.05) is 36.6 Å². The highest BCUT2D eigenvalue weighted by molar-refractivity contribution is 7.98. The fourth-order valence-corrected chi connectivity index (χ4v) is 2.16. The number of fused-ring (bicyclic) bond motifs is 1. The molecule has 0 fully saturated rings. The van der Waals surface area contributed by atoms with E-state index in [2.05, 4.69) is 6.07 Å². The molecule has 2 nitrogen and oxygen atoms in total. The van der Waals surface area contributed by atoms with Crippen molar-refractivity contribution in [3.63, 3.8) is 0 Å². The van der Waals surface area contributed by atoms with Gasteiger partial charge in [0.05, 0.1) is 12.7 Å². The molecule has 2 rings (SSSR count). The second-order valence-electron chi connectivity index (χ2n) is 3.39. The van der Waals surface area contributed by atoms with Crippen molar-refractivity contribution in [3.8, 4) is 0 Å². The summed E-state index contributed by atoms with van der Waals surface area (Å²) in [4.78, 5) is 12.7. The maximum atomic E-state index is 11.7. The third kappa shape index (κ3) is 1.91. The van der Waals surface area contributed by atoms with Gasteiger partial charge in [-0.3, -0.25) is 0 Å². The molecule has 2 aromatic rings. The van der Waals surface area contributed by atoms with Gasteiger partial charge in [0.25, 0.3) is 0 Å². The van der Waals surface area contributed by atoms with Gasteiger partial charge >= 0.3 is 5.97 Å². The van der Waals surface area contributed by atoms with Gasteiger partial charge in [-0.1, -0.05) is 24.3 Å². The number of benzene rings is 2. The van der Waals surface area contributed by atoms with E-state index >= 15 is 0 Å². The molecule has 0 aromatic heterocycles. The first kappa shape index (κ1) is 11.0. The van der Waals surface area contributed by atoms with Crippen LogP contribution in [0.2, 0.25) is 0 Å². The molecule has 0 aliphatic carbocycles. The number of methoxy groups -OCH3 is 1. The summed E-state index contributed by atoms with van der Waals surface area (Å²) < 4.78 is 4.80. The minimum absolute atomic E-state index is 0.285. The van der Waals surface area contributed by atoms with E-state index in [0.717, 1.165) is 15.7 Å². The van der Waals surface area contributed by atoms with Crippen molar-refractivity contribution >= 4 is 28.5 Å². The zero-order chi connectivity index (χ0) is 11.5. The second-order valence-corrected chi connectivity index (χ2v) is 4.27. The van der Waals surface area contributed by atoms with Crippen molar-refractivity contribution in [2.75, 3.05) is 13.4 Å². The maximum Gasteiger partial charge on any atom is 0.338 e. The van der Waals surface area contributed by atoms with Gasteiger partial charge in [0.2, 0.25) is 0 Å². The van der Waals surface area contributed by atoms with Crippen LogP contribution in [0.15, 0.2) is 41.3 Å². The van der Waals surface area contributed by atoms with Gasteiger partial charge in [-0.25, -0.2) is 4.79 Å². The van der Waals surface area contributed by atoms with E-state index in [1.165, 1.54) is 7.11 Å². The molecule has 0 atom stereocenters. The van der Waals surface area contributed by atoms with Gasteiger partial charge < -0.3 is 4.74 Å². The van der Waals surface area contributed by atoms with E-state index < -0.39 is 0 Å². The highest BCUT2D eigenvalue weighted by Crippen LogP contribution is 2.26. The number of hydrogen-bond donors (Lipinski definition) is 0. The summed E-state index contributed by atoms with van der Waals surface area (Å²) in [5.74, 6) is -0.285. The van der Waals surface area contributed by atoms with Gasteiger partial charge in [-0.05, 0) is 29.2 Å². The average Bonchev–Trinajstić information content (AvgIpc) is 2.36. The van der Waals surface area contributed by atoms with Crippen LogP contribution >= 0.6 is 11.8 Å². The Kier molecular flexibility index (Phi) is 3.15. The summed E-state index contributed by atoms with van der Waals surface area (Å²) >= 11 is 1.62. The van der Waals surface area contributed by atoms with Gasteiger partial charge in [0.1, 0.15) is 0 Å². The van der Waals surface area contributed by atoms with Crippen LogP contribution in [0, 0.1) is 0 Å². The first-order valence-electron chi connectivity index (χ1n) is 4.91. The third-order valence-electron chi connectivity index (χ3n) is 2.48. The van der Waals surface area contributed by atoms with Gasteiger partial charge in [0, 0.05) is 4.90 Å². The van der Waals surface area contributed by atoms with Crippen LogP contribution in [0.4, 0.5) is 0 Å². The highest BCUT2D eigenvalue weighted by Gasteiger charge is 2.11. The van der Waals surface area contributed by atoms with Crippen molar-refractivity contribution in [2.24, 2.45) is 0 Å². The molecule has 0 saturated heterocycles. The van der Waals surface area contributed by atoms with Crippen LogP contribution in [0.1, 0.15) is 10.4 Å². The van der Waals surface area contributed by atoms with Crippen LogP contribution < -0.4 is 0 Å². The largest absolute Gasteiger partial charge is 0.465 e. The molecule has 0 bridgehead atoms. The minimum Gasteiger partial charge on any atom is -0.465 e. The van der Waals surface area contributed by atoms with Crippen molar-refractivity contribution in [3.05, 3.63) is 42.0 Å². The Balaban J connectivity index is 2.73. The molecule has 2 aromatic carbocycles. The average molecular weight is 232 g/mol.